The molecule has 0 bridgehead atoms. The fourth-order valence-electron chi connectivity index (χ4n) is 2.41. The number of nitrogens with zero attached hydrogens (tertiary/aromatic N) is 1. The predicted molar refractivity (Wildman–Crippen MR) is 84.4 cm³/mol. The van der Waals surface area contributed by atoms with E-state index in [1.54, 1.807) is 0 Å². The number of anilines is 1. The Balaban J connectivity index is 1.90. The number of hydrogen-bond acceptors (Lipinski definition) is 2. The van der Waals surface area contributed by atoms with E-state index in [2.05, 4.69) is 4.90 Å². The topological polar surface area (TPSA) is 12.5 Å². The van der Waals surface area contributed by atoms with Crippen LogP contribution in [0.5, 0.6) is 11.5 Å². The van der Waals surface area contributed by atoms with Gasteiger partial charge in [0.05, 0.1) is 5.69 Å². The van der Waals surface area contributed by atoms with Gasteiger partial charge in [-0.05, 0) is 55.3 Å². The largest absolute Gasteiger partial charge is 0.455 e. The lowest BCUT2D eigenvalue weighted by atomic mass is 10.2. The van der Waals surface area contributed by atoms with Gasteiger partial charge < -0.3 is 9.64 Å². The van der Waals surface area contributed by atoms with Crippen LogP contribution in [0.3, 0.4) is 0 Å². The van der Waals surface area contributed by atoms with E-state index in [4.69, 9.17) is 27.9 Å². The minimum absolute atomic E-state index is 0.702. The summed E-state index contributed by atoms with van der Waals surface area (Å²) < 4.78 is 5.97. The summed E-state index contributed by atoms with van der Waals surface area (Å²) in [6.45, 7) is 2.11. The summed E-state index contributed by atoms with van der Waals surface area (Å²) in [7, 11) is 0. The molecule has 1 aliphatic rings. The molecular weight excluding hydrogens is 293 g/mol. The van der Waals surface area contributed by atoms with Crippen molar-refractivity contribution < 1.29 is 4.74 Å². The molecule has 1 aliphatic heterocycles. The fraction of sp³-hybridized carbons (Fsp3) is 0.250. The molecule has 0 aromatic heterocycles. The van der Waals surface area contributed by atoms with Gasteiger partial charge in [-0.15, -0.1) is 0 Å². The van der Waals surface area contributed by atoms with Crippen LogP contribution < -0.4 is 9.64 Å². The highest BCUT2D eigenvalue weighted by Gasteiger charge is 2.17. The molecule has 0 N–H and O–H groups in total. The van der Waals surface area contributed by atoms with E-state index >= 15 is 0 Å². The van der Waals surface area contributed by atoms with Crippen LogP contribution in [0.25, 0.3) is 0 Å². The SMILES string of the molecule is Clc1ccc(Oc2ccc(Cl)cc2N2CCCC2)cc1. The van der Waals surface area contributed by atoms with Gasteiger partial charge in [-0.25, -0.2) is 0 Å². The van der Waals surface area contributed by atoms with Crippen molar-refractivity contribution in [2.75, 3.05) is 18.0 Å². The highest BCUT2D eigenvalue weighted by molar-refractivity contribution is 6.31. The van der Waals surface area contributed by atoms with Crippen LogP contribution in [0, 0.1) is 0 Å². The molecule has 4 heteroatoms. The molecule has 3 rings (SSSR count). The summed E-state index contributed by atoms with van der Waals surface area (Å²) in [6, 6.07) is 13.1. The predicted octanol–water partition coefficient (Wildman–Crippen LogP) is 5.39. The fourth-order valence-corrected chi connectivity index (χ4v) is 2.70. The average molecular weight is 308 g/mol. The van der Waals surface area contributed by atoms with Crippen LogP contribution in [-0.2, 0) is 0 Å². The monoisotopic (exact) mass is 307 g/mol. The third-order valence-electron chi connectivity index (χ3n) is 3.41. The summed E-state index contributed by atoms with van der Waals surface area (Å²) in [6.07, 6.45) is 2.43. The van der Waals surface area contributed by atoms with Crippen molar-refractivity contribution in [3.8, 4) is 11.5 Å². The van der Waals surface area contributed by atoms with E-state index in [-0.39, 0.29) is 0 Å². The Hall–Kier alpha value is -1.38. The number of ether oxygens (including phenoxy) is 1. The molecule has 1 saturated heterocycles. The minimum atomic E-state index is 0.702. The van der Waals surface area contributed by atoms with Crippen molar-refractivity contribution in [3.05, 3.63) is 52.5 Å². The second-order valence-electron chi connectivity index (χ2n) is 4.86. The van der Waals surface area contributed by atoms with Gasteiger partial charge in [0.2, 0.25) is 0 Å². The van der Waals surface area contributed by atoms with Crippen molar-refractivity contribution in [2.45, 2.75) is 12.8 Å². The van der Waals surface area contributed by atoms with Gasteiger partial charge in [-0.3, -0.25) is 0 Å². The van der Waals surface area contributed by atoms with Crippen LogP contribution in [-0.4, -0.2) is 13.1 Å². The van der Waals surface area contributed by atoms with E-state index in [1.165, 1.54) is 12.8 Å². The highest BCUT2D eigenvalue weighted by atomic mass is 35.5. The standard InChI is InChI=1S/C16H15Cl2NO/c17-12-3-6-14(7-4-12)20-16-8-5-13(18)11-15(16)19-9-1-2-10-19/h3-8,11H,1-2,9-10H2. The van der Waals surface area contributed by atoms with Crippen molar-refractivity contribution in [1.82, 2.24) is 0 Å². The van der Waals surface area contributed by atoms with Crippen molar-refractivity contribution in [3.63, 3.8) is 0 Å². The van der Waals surface area contributed by atoms with Gasteiger partial charge >= 0.3 is 0 Å². The third kappa shape index (κ3) is 3.02. The Kier molecular flexibility index (Phi) is 4.04. The van der Waals surface area contributed by atoms with Crippen molar-refractivity contribution in [2.24, 2.45) is 0 Å². The smallest absolute Gasteiger partial charge is 0.150 e. The first-order valence-corrected chi connectivity index (χ1v) is 7.46. The minimum Gasteiger partial charge on any atom is -0.455 e. The van der Waals surface area contributed by atoms with Gasteiger partial charge in [-0.1, -0.05) is 23.2 Å². The zero-order chi connectivity index (χ0) is 13.9. The molecule has 0 unspecified atom stereocenters. The first-order valence-electron chi connectivity index (χ1n) is 6.70. The zero-order valence-corrected chi connectivity index (χ0v) is 12.5. The molecule has 2 aromatic rings. The maximum atomic E-state index is 6.12. The molecule has 0 spiro atoms. The van der Waals surface area contributed by atoms with E-state index in [1.807, 2.05) is 42.5 Å². The normalized spacial score (nSPS) is 14.6. The van der Waals surface area contributed by atoms with Crippen molar-refractivity contribution in [1.29, 1.82) is 0 Å². The lowest BCUT2D eigenvalue weighted by Crippen LogP contribution is -2.18. The molecular formula is C16H15Cl2NO. The number of halogens is 2. The Morgan fingerprint density at radius 1 is 0.850 bits per heavy atom. The molecule has 0 aliphatic carbocycles. The van der Waals surface area contributed by atoms with E-state index in [9.17, 15) is 0 Å². The average Bonchev–Trinajstić information content (AvgIpc) is 2.97. The first-order chi connectivity index (χ1) is 9.72. The summed E-state index contributed by atoms with van der Waals surface area (Å²) in [5, 5.41) is 1.43. The molecule has 0 radical (unpaired) electrons. The maximum Gasteiger partial charge on any atom is 0.150 e. The van der Waals surface area contributed by atoms with Crippen LogP contribution in [0.4, 0.5) is 5.69 Å². The van der Waals surface area contributed by atoms with Gasteiger partial charge in [0.25, 0.3) is 0 Å². The van der Waals surface area contributed by atoms with E-state index < -0.39 is 0 Å². The molecule has 0 atom stereocenters. The molecule has 2 aromatic carbocycles. The lowest BCUT2D eigenvalue weighted by molar-refractivity contribution is 0.482. The van der Waals surface area contributed by atoms with Crippen LogP contribution in [0.15, 0.2) is 42.5 Å². The summed E-state index contributed by atoms with van der Waals surface area (Å²) >= 11 is 12.0. The van der Waals surface area contributed by atoms with Crippen molar-refractivity contribution >= 4 is 28.9 Å². The van der Waals surface area contributed by atoms with Gasteiger partial charge in [0.1, 0.15) is 5.75 Å². The Bertz CT molecular complexity index is 592. The summed E-state index contributed by atoms with van der Waals surface area (Å²) in [5.74, 6) is 1.61. The van der Waals surface area contributed by atoms with Gasteiger partial charge in [0.15, 0.2) is 5.75 Å². The second-order valence-corrected chi connectivity index (χ2v) is 5.74. The molecule has 0 amide bonds. The van der Waals surface area contributed by atoms with Gasteiger partial charge in [0, 0.05) is 23.1 Å². The quantitative estimate of drug-likeness (QED) is 0.754. The zero-order valence-electron chi connectivity index (χ0n) is 11.0. The molecule has 2 nitrogen and oxygen atoms in total. The van der Waals surface area contributed by atoms with Crippen LogP contribution in [0.2, 0.25) is 10.0 Å². The van der Waals surface area contributed by atoms with Crippen LogP contribution >= 0.6 is 23.2 Å². The summed E-state index contributed by atoms with van der Waals surface area (Å²) in [4.78, 5) is 2.32. The van der Waals surface area contributed by atoms with E-state index in [0.717, 1.165) is 35.3 Å². The molecule has 20 heavy (non-hydrogen) atoms. The summed E-state index contributed by atoms with van der Waals surface area (Å²) in [5.41, 5.74) is 1.06. The number of hydrogen-bond donors (Lipinski definition) is 0. The molecule has 104 valence electrons. The Morgan fingerprint density at radius 3 is 2.20 bits per heavy atom. The highest BCUT2D eigenvalue weighted by Crippen LogP contribution is 2.36. The van der Waals surface area contributed by atoms with Gasteiger partial charge in [-0.2, -0.15) is 0 Å². The maximum absolute atomic E-state index is 6.12. The lowest BCUT2D eigenvalue weighted by Gasteiger charge is -2.21. The Labute approximate surface area is 128 Å². The number of rotatable bonds is 3. The first kappa shape index (κ1) is 13.6. The van der Waals surface area contributed by atoms with E-state index in [0.29, 0.717) is 5.02 Å². The Morgan fingerprint density at radius 2 is 1.50 bits per heavy atom. The second kappa shape index (κ2) is 5.94. The molecule has 1 heterocycles. The third-order valence-corrected chi connectivity index (χ3v) is 3.90. The molecule has 1 fully saturated rings. The number of benzene rings is 2. The molecule has 0 saturated carbocycles. The van der Waals surface area contributed by atoms with Crippen LogP contribution in [0.1, 0.15) is 12.8 Å².